The smallest absolute Gasteiger partial charge is 0.307 e. The Morgan fingerprint density at radius 2 is 1.94 bits per heavy atom. The summed E-state index contributed by atoms with van der Waals surface area (Å²) in [4.78, 5) is 11.0. The molecule has 0 heterocycles. The number of ether oxygens (including phenoxy) is 1. The lowest BCUT2D eigenvalue weighted by molar-refractivity contribution is -0.140. The second kappa shape index (κ2) is 5.87. The van der Waals surface area contributed by atoms with Crippen LogP contribution in [-0.4, -0.2) is 19.6 Å². The summed E-state index contributed by atoms with van der Waals surface area (Å²) in [6.07, 6.45) is 0.370. The van der Waals surface area contributed by atoms with Gasteiger partial charge in [0.05, 0.1) is 13.5 Å². The minimum atomic E-state index is -0.202. The number of hydrogen-bond donors (Lipinski definition) is 1. The van der Waals surface area contributed by atoms with E-state index in [0.29, 0.717) is 13.0 Å². The van der Waals surface area contributed by atoms with Crippen molar-refractivity contribution >= 4 is 38.4 Å². The third-order valence-corrected chi connectivity index (χ3v) is 3.18. The Morgan fingerprint density at radius 1 is 1.22 bits per heavy atom. The van der Waals surface area contributed by atoms with Crippen LogP contribution in [-0.2, 0) is 9.53 Å². The second-order valence-electron chi connectivity index (χ2n) is 3.96. The zero-order chi connectivity index (χ0) is 13.0. The minimum Gasteiger partial charge on any atom is -0.469 e. The zero-order valence-electron chi connectivity index (χ0n) is 10.1. The molecule has 0 aliphatic carbocycles. The van der Waals surface area contributed by atoms with Crippen molar-refractivity contribution in [3.8, 4) is 0 Å². The molecule has 2 aromatic carbocycles. The van der Waals surface area contributed by atoms with Crippen molar-refractivity contribution in [2.45, 2.75) is 6.42 Å². The van der Waals surface area contributed by atoms with Gasteiger partial charge in [-0.05, 0) is 35.0 Å². The summed E-state index contributed by atoms with van der Waals surface area (Å²) < 4.78 is 5.66. The van der Waals surface area contributed by atoms with Crippen molar-refractivity contribution in [2.24, 2.45) is 0 Å². The van der Waals surface area contributed by atoms with E-state index in [1.807, 2.05) is 12.1 Å². The van der Waals surface area contributed by atoms with Crippen LogP contribution in [0.1, 0.15) is 6.42 Å². The third kappa shape index (κ3) is 3.23. The average molecular weight is 308 g/mol. The van der Waals surface area contributed by atoms with Crippen molar-refractivity contribution in [2.75, 3.05) is 19.0 Å². The van der Waals surface area contributed by atoms with Gasteiger partial charge in [0.15, 0.2) is 0 Å². The molecule has 0 aromatic heterocycles. The Bertz CT molecular complexity index is 569. The number of fused-ring (bicyclic) bond motifs is 1. The normalized spacial score (nSPS) is 10.3. The lowest BCUT2D eigenvalue weighted by Gasteiger charge is -2.07. The van der Waals surface area contributed by atoms with Crippen LogP contribution in [0.4, 0.5) is 5.69 Å². The van der Waals surface area contributed by atoms with E-state index in [9.17, 15) is 4.79 Å². The van der Waals surface area contributed by atoms with Crippen LogP contribution in [0.5, 0.6) is 0 Å². The third-order valence-electron chi connectivity index (χ3n) is 2.69. The first-order chi connectivity index (χ1) is 8.69. The molecule has 1 N–H and O–H groups in total. The standard InChI is InChI=1S/C14H14BrNO2/c1-18-14(17)6-7-16-13-5-3-10-8-12(15)4-2-11(10)9-13/h2-5,8-9,16H,6-7H2,1H3. The van der Waals surface area contributed by atoms with E-state index >= 15 is 0 Å². The number of halogens is 1. The van der Waals surface area contributed by atoms with E-state index in [0.717, 1.165) is 10.2 Å². The SMILES string of the molecule is COC(=O)CCNc1ccc2cc(Br)ccc2c1. The molecule has 3 nitrogen and oxygen atoms in total. The summed E-state index contributed by atoms with van der Waals surface area (Å²) in [6, 6.07) is 12.3. The number of carbonyl (C=O) groups excluding carboxylic acids is 1. The molecule has 2 aromatic rings. The first kappa shape index (κ1) is 12.9. The lowest BCUT2D eigenvalue weighted by Crippen LogP contribution is -2.09. The number of anilines is 1. The van der Waals surface area contributed by atoms with Gasteiger partial charge < -0.3 is 10.1 Å². The van der Waals surface area contributed by atoms with Gasteiger partial charge in [-0.15, -0.1) is 0 Å². The molecule has 0 spiro atoms. The summed E-state index contributed by atoms with van der Waals surface area (Å²) >= 11 is 3.45. The molecule has 2 rings (SSSR count). The van der Waals surface area contributed by atoms with E-state index in [1.54, 1.807) is 0 Å². The first-order valence-electron chi connectivity index (χ1n) is 5.69. The molecule has 0 radical (unpaired) electrons. The predicted octanol–water partition coefficient (Wildman–Crippen LogP) is 3.58. The maximum absolute atomic E-state index is 11.0. The molecule has 4 heteroatoms. The zero-order valence-corrected chi connectivity index (χ0v) is 11.7. The molecule has 0 amide bonds. The largest absolute Gasteiger partial charge is 0.469 e. The molecule has 94 valence electrons. The Labute approximate surface area is 114 Å². The maximum Gasteiger partial charge on any atom is 0.307 e. The van der Waals surface area contributed by atoms with Crippen LogP contribution >= 0.6 is 15.9 Å². The van der Waals surface area contributed by atoms with Gasteiger partial charge in [-0.1, -0.05) is 28.1 Å². The van der Waals surface area contributed by atoms with Gasteiger partial charge in [0, 0.05) is 16.7 Å². The van der Waals surface area contributed by atoms with Gasteiger partial charge in [0.1, 0.15) is 0 Å². The minimum absolute atomic E-state index is 0.202. The summed E-state index contributed by atoms with van der Waals surface area (Å²) in [6.45, 7) is 0.578. The molecular formula is C14H14BrNO2. The number of benzene rings is 2. The van der Waals surface area contributed by atoms with Gasteiger partial charge in [-0.2, -0.15) is 0 Å². The van der Waals surface area contributed by atoms with E-state index in [2.05, 4.69) is 50.2 Å². The fourth-order valence-electron chi connectivity index (χ4n) is 1.74. The number of methoxy groups -OCH3 is 1. The maximum atomic E-state index is 11.0. The van der Waals surface area contributed by atoms with Gasteiger partial charge in [-0.3, -0.25) is 4.79 Å². The Morgan fingerprint density at radius 3 is 2.72 bits per heavy atom. The summed E-state index contributed by atoms with van der Waals surface area (Å²) in [5.74, 6) is -0.202. The average Bonchev–Trinajstić information content (AvgIpc) is 2.38. The van der Waals surface area contributed by atoms with Crippen molar-refractivity contribution < 1.29 is 9.53 Å². The van der Waals surface area contributed by atoms with Crippen molar-refractivity contribution in [3.63, 3.8) is 0 Å². The summed E-state index contributed by atoms with van der Waals surface area (Å²) in [7, 11) is 1.40. The highest BCUT2D eigenvalue weighted by molar-refractivity contribution is 9.10. The van der Waals surface area contributed by atoms with Crippen molar-refractivity contribution in [1.29, 1.82) is 0 Å². The Kier molecular flexibility index (Phi) is 4.20. The van der Waals surface area contributed by atoms with Gasteiger partial charge in [0.2, 0.25) is 0 Å². The molecule has 0 aliphatic heterocycles. The highest BCUT2D eigenvalue weighted by Crippen LogP contribution is 2.22. The van der Waals surface area contributed by atoms with E-state index in [4.69, 9.17) is 0 Å². The second-order valence-corrected chi connectivity index (χ2v) is 4.87. The van der Waals surface area contributed by atoms with Crippen LogP contribution in [0.2, 0.25) is 0 Å². The van der Waals surface area contributed by atoms with E-state index < -0.39 is 0 Å². The first-order valence-corrected chi connectivity index (χ1v) is 6.48. The number of rotatable bonds is 4. The van der Waals surface area contributed by atoms with E-state index in [1.165, 1.54) is 17.9 Å². The Hall–Kier alpha value is -1.55. The monoisotopic (exact) mass is 307 g/mol. The van der Waals surface area contributed by atoms with E-state index in [-0.39, 0.29) is 5.97 Å². The van der Waals surface area contributed by atoms with Crippen LogP contribution in [0.25, 0.3) is 10.8 Å². The molecule has 0 fully saturated rings. The number of carbonyl (C=O) groups is 1. The molecule has 18 heavy (non-hydrogen) atoms. The molecule has 0 saturated carbocycles. The number of nitrogens with one attached hydrogen (secondary N) is 1. The summed E-state index contributed by atoms with van der Waals surface area (Å²) in [5, 5.41) is 5.56. The number of esters is 1. The van der Waals surface area contributed by atoms with Crippen LogP contribution in [0.15, 0.2) is 40.9 Å². The van der Waals surface area contributed by atoms with Crippen LogP contribution in [0, 0.1) is 0 Å². The van der Waals surface area contributed by atoms with Gasteiger partial charge in [0.25, 0.3) is 0 Å². The van der Waals surface area contributed by atoms with Crippen molar-refractivity contribution in [1.82, 2.24) is 0 Å². The molecule has 0 bridgehead atoms. The van der Waals surface area contributed by atoms with Crippen molar-refractivity contribution in [3.05, 3.63) is 40.9 Å². The highest BCUT2D eigenvalue weighted by Gasteiger charge is 2.00. The lowest BCUT2D eigenvalue weighted by atomic mass is 10.1. The molecule has 0 unspecified atom stereocenters. The fraction of sp³-hybridized carbons (Fsp3) is 0.214. The molecule has 0 aliphatic rings. The van der Waals surface area contributed by atoms with Gasteiger partial charge >= 0.3 is 5.97 Å². The highest BCUT2D eigenvalue weighted by atomic mass is 79.9. The Balaban J connectivity index is 2.06. The van der Waals surface area contributed by atoms with Gasteiger partial charge in [-0.25, -0.2) is 0 Å². The molecular weight excluding hydrogens is 294 g/mol. The predicted molar refractivity (Wildman–Crippen MR) is 76.8 cm³/mol. The molecule has 0 saturated heterocycles. The van der Waals surface area contributed by atoms with Crippen LogP contribution in [0.3, 0.4) is 0 Å². The van der Waals surface area contributed by atoms with Crippen LogP contribution < -0.4 is 5.32 Å². The molecule has 0 atom stereocenters. The number of hydrogen-bond acceptors (Lipinski definition) is 3. The quantitative estimate of drug-likeness (QED) is 0.878. The summed E-state index contributed by atoms with van der Waals surface area (Å²) in [5.41, 5.74) is 1.01. The topological polar surface area (TPSA) is 38.3 Å². The fourth-order valence-corrected chi connectivity index (χ4v) is 2.12.